The minimum Gasteiger partial charge on any atom is -0.394 e. The topological polar surface area (TPSA) is 151 Å². The van der Waals surface area contributed by atoms with Gasteiger partial charge >= 0.3 is 0 Å². The van der Waals surface area contributed by atoms with E-state index in [1.807, 2.05) is 0 Å². The number of carbonyl (C=O) groups is 2. The first-order valence-electron chi connectivity index (χ1n) is 8.20. The lowest BCUT2D eigenvalue weighted by Crippen LogP contribution is -2.50. The number of nitrogens with one attached hydrogen (secondary N) is 3. The molecule has 1 fully saturated rings. The zero-order valence-corrected chi connectivity index (χ0v) is 13.9. The molecule has 0 aromatic heterocycles. The van der Waals surface area contributed by atoms with E-state index in [0.717, 1.165) is 0 Å². The highest BCUT2D eigenvalue weighted by Crippen LogP contribution is 2.30. The number of carbonyl (C=O) groups excluding carboxylic acids is 2. The quantitative estimate of drug-likeness (QED) is 0.234. The Kier molecular flexibility index (Phi) is 9.16. The van der Waals surface area contributed by atoms with E-state index in [1.54, 1.807) is 7.05 Å². The lowest BCUT2D eigenvalue weighted by molar-refractivity contribution is -0.132. The van der Waals surface area contributed by atoms with Crippen LogP contribution >= 0.6 is 0 Å². The maximum atomic E-state index is 12.3. The number of hydrogen-bond donors (Lipinski definition) is 7. The third kappa shape index (κ3) is 5.99. The highest BCUT2D eigenvalue weighted by molar-refractivity contribution is 5.83. The monoisotopic (exact) mass is 347 g/mol. The van der Waals surface area contributed by atoms with Crippen LogP contribution in [0.2, 0.25) is 0 Å². The van der Waals surface area contributed by atoms with Crippen molar-refractivity contribution in [3.05, 3.63) is 0 Å². The maximum absolute atomic E-state index is 12.3. The van der Waals surface area contributed by atoms with Gasteiger partial charge in [0.1, 0.15) is 0 Å². The third-order valence-electron chi connectivity index (χ3n) is 4.43. The fraction of sp³-hybridized carbons (Fsp3) is 0.867. The lowest BCUT2D eigenvalue weighted by atomic mass is 9.77. The van der Waals surface area contributed by atoms with Crippen LogP contribution in [0.25, 0.3) is 0 Å². The highest BCUT2D eigenvalue weighted by atomic mass is 16.3. The summed E-state index contributed by atoms with van der Waals surface area (Å²) in [7, 11) is 1.76. The summed E-state index contributed by atoms with van der Waals surface area (Å²) >= 11 is 0. The molecule has 0 aromatic rings. The van der Waals surface area contributed by atoms with Gasteiger partial charge in [-0.25, -0.2) is 0 Å². The van der Waals surface area contributed by atoms with Crippen LogP contribution in [-0.4, -0.2) is 83.8 Å². The van der Waals surface area contributed by atoms with Crippen molar-refractivity contribution >= 4 is 11.8 Å². The standard InChI is InChI=1S/C15H29N3O6/c1-16-11-3-9(14(23)17-12(5-19)6-20)2-10(4-11)15(24)18-13(7-21)8-22/h9-13,16,19-22H,2-8H2,1H3,(H,17,23)(H,18,24). The Labute approximate surface area is 141 Å². The van der Waals surface area contributed by atoms with Crippen LogP contribution in [-0.2, 0) is 9.59 Å². The molecule has 2 atom stereocenters. The smallest absolute Gasteiger partial charge is 0.223 e. The van der Waals surface area contributed by atoms with Gasteiger partial charge in [-0.2, -0.15) is 0 Å². The van der Waals surface area contributed by atoms with Gasteiger partial charge in [-0.3, -0.25) is 9.59 Å². The predicted octanol–water partition coefficient (Wildman–Crippen LogP) is -3.07. The number of aliphatic hydroxyl groups excluding tert-OH is 4. The number of amides is 2. The third-order valence-corrected chi connectivity index (χ3v) is 4.43. The van der Waals surface area contributed by atoms with Gasteiger partial charge in [-0.15, -0.1) is 0 Å². The average Bonchev–Trinajstić information content (AvgIpc) is 2.62. The Morgan fingerprint density at radius 3 is 1.50 bits per heavy atom. The van der Waals surface area contributed by atoms with Gasteiger partial charge in [0, 0.05) is 17.9 Å². The molecule has 140 valence electrons. The zero-order chi connectivity index (χ0) is 18.1. The molecule has 2 unspecified atom stereocenters. The van der Waals surface area contributed by atoms with Crippen molar-refractivity contribution in [1.29, 1.82) is 0 Å². The van der Waals surface area contributed by atoms with E-state index in [9.17, 15) is 9.59 Å². The van der Waals surface area contributed by atoms with Gasteiger partial charge in [0.05, 0.1) is 38.5 Å². The Hall–Kier alpha value is -1.26. The Morgan fingerprint density at radius 2 is 1.21 bits per heavy atom. The lowest BCUT2D eigenvalue weighted by Gasteiger charge is -2.34. The molecule has 9 nitrogen and oxygen atoms in total. The molecule has 0 aliphatic heterocycles. The van der Waals surface area contributed by atoms with Crippen molar-refractivity contribution in [3.8, 4) is 0 Å². The van der Waals surface area contributed by atoms with Crippen LogP contribution in [0.4, 0.5) is 0 Å². The Bertz CT molecular complexity index is 367. The molecular formula is C15H29N3O6. The summed E-state index contributed by atoms with van der Waals surface area (Å²) in [6.45, 7) is -1.43. The molecular weight excluding hydrogens is 318 g/mol. The molecule has 0 heterocycles. The van der Waals surface area contributed by atoms with Gasteiger partial charge in [-0.1, -0.05) is 0 Å². The van der Waals surface area contributed by atoms with Gasteiger partial charge in [-0.05, 0) is 26.3 Å². The molecule has 7 N–H and O–H groups in total. The second kappa shape index (κ2) is 10.6. The minimum absolute atomic E-state index is 0.0198. The highest BCUT2D eigenvalue weighted by Gasteiger charge is 2.36. The first-order valence-corrected chi connectivity index (χ1v) is 8.20. The molecule has 1 saturated carbocycles. The summed E-state index contributed by atoms with van der Waals surface area (Å²) < 4.78 is 0. The number of rotatable bonds is 9. The molecule has 1 aliphatic carbocycles. The molecule has 1 rings (SSSR count). The summed E-state index contributed by atoms with van der Waals surface area (Å²) in [5, 5.41) is 44.5. The molecule has 0 saturated heterocycles. The van der Waals surface area contributed by atoms with E-state index in [1.165, 1.54) is 0 Å². The molecule has 0 bridgehead atoms. The summed E-state index contributed by atoms with van der Waals surface area (Å²) in [5.74, 6) is -1.45. The maximum Gasteiger partial charge on any atom is 0.223 e. The van der Waals surface area contributed by atoms with Crippen molar-refractivity contribution in [2.75, 3.05) is 33.5 Å². The van der Waals surface area contributed by atoms with Crippen molar-refractivity contribution in [3.63, 3.8) is 0 Å². The first kappa shape index (κ1) is 20.8. The molecule has 0 radical (unpaired) electrons. The summed E-state index contributed by atoms with van der Waals surface area (Å²) in [6, 6.07) is -1.45. The molecule has 1 aliphatic rings. The van der Waals surface area contributed by atoms with Crippen LogP contribution in [0.3, 0.4) is 0 Å². The van der Waals surface area contributed by atoms with Gasteiger partial charge in [0.15, 0.2) is 0 Å². The first-order chi connectivity index (χ1) is 11.5. The van der Waals surface area contributed by atoms with Crippen molar-refractivity contribution in [2.24, 2.45) is 11.8 Å². The van der Waals surface area contributed by atoms with Gasteiger partial charge in [0.2, 0.25) is 11.8 Å². The Morgan fingerprint density at radius 1 is 0.833 bits per heavy atom. The Balaban J connectivity index is 2.71. The average molecular weight is 347 g/mol. The summed E-state index contributed by atoms with van der Waals surface area (Å²) in [5.41, 5.74) is 0. The summed E-state index contributed by atoms with van der Waals surface area (Å²) in [4.78, 5) is 24.6. The SMILES string of the molecule is CNC1CC(C(=O)NC(CO)CO)CC(C(=O)NC(CO)CO)C1. The van der Waals surface area contributed by atoms with E-state index < -0.39 is 23.9 Å². The van der Waals surface area contributed by atoms with E-state index in [2.05, 4.69) is 16.0 Å². The van der Waals surface area contributed by atoms with Crippen LogP contribution in [0.5, 0.6) is 0 Å². The van der Waals surface area contributed by atoms with Crippen molar-refractivity contribution in [2.45, 2.75) is 37.4 Å². The largest absolute Gasteiger partial charge is 0.394 e. The van der Waals surface area contributed by atoms with Gasteiger partial charge < -0.3 is 36.4 Å². The fourth-order valence-corrected chi connectivity index (χ4v) is 2.92. The minimum atomic E-state index is -0.715. The number of hydrogen-bond acceptors (Lipinski definition) is 7. The van der Waals surface area contributed by atoms with Crippen LogP contribution in [0.1, 0.15) is 19.3 Å². The molecule has 9 heteroatoms. The van der Waals surface area contributed by atoms with Crippen molar-refractivity contribution in [1.82, 2.24) is 16.0 Å². The zero-order valence-electron chi connectivity index (χ0n) is 13.9. The van der Waals surface area contributed by atoms with Crippen molar-refractivity contribution < 1.29 is 30.0 Å². The molecule has 2 amide bonds. The van der Waals surface area contributed by atoms with E-state index >= 15 is 0 Å². The molecule has 0 spiro atoms. The van der Waals surface area contributed by atoms with Crippen LogP contribution < -0.4 is 16.0 Å². The fourth-order valence-electron chi connectivity index (χ4n) is 2.92. The predicted molar refractivity (Wildman–Crippen MR) is 85.9 cm³/mol. The van der Waals surface area contributed by atoms with Crippen LogP contribution in [0.15, 0.2) is 0 Å². The van der Waals surface area contributed by atoms with Crippen LogP contribution in [0, 0.1) is 11.8 Å². The second-order valence-corrected chi connectivity index (χ2v) is 6.23. The number of aliphatic hydroxyl groups is 4. The second-order valence-electron chi connectivity index (χ2n) is 6.23. The van der Waals surface area contributed by atoms with E-state index in [0.29, 0.717) is 19.3 Å². The normalized spacial score (nSPS) is 24.2. The molecule has 24 heavy (non-hydrogen) atoms. The van der Waals surface area contributed by atoms with E-state index in [-0.39, 0.29) is 44.3 Å². The molecule has 0 aromatic carbocycles. The summed E-state index contributed by atoms with van der Waals surface area (Å²) in [6.07, 6.45) is 1.45. The van der Waals surface area contributed by atoms with E-state index in [4.69, 9.17) is 20.4 Å². The van der Waals surface area contributed by atoms with Gasteiger partial charge in [0.25, 0.3) is 0 Å².